The molecule has 3 rings (SSSR count). The third-order valence-electron chi connectivity index (χ3n) is 4.34. The van der Waals surface area contributed by atoms with Crippen LogP contribution in [0, 0.1) is 5.92 Å². The van der Waals surface area contributed by atoms with E-state index in [1.165, 1.54) is 6.07 Å². The first-order valence-electron chi connectivity index (χ1n) is 8.71. The van der Waals surface area contributed by atoms with Gasteiger partial charge in [0.1, 0.15) is 6.04 Å². The molecule has 10 heteroatoms. The van der Waals surface area contributed by atoms with Gasteiger partial charge >= 0.3 is 11.9 Å². The van der Waals surface area contributed by atoms with Crippen LogP contribution in [0.1, 0.15) is 19.4 Å². The quantitative estimate of drug-likeness (QED) is 0.480. The molecule has 0 aliphatic rings. The first kappa shape index (κ1) is 20.8. The van der Waals surface area contributed by atoms with Gasteiger partial charge in [0.05, 0.1) is 27.3 Å². The van der Waals surface area contributed by atoms with Crippen molar-refractivity contribution in [2.75, 3.05) is 10.6 Å². The molecule has 0 aliphatic heterocycles. The Bertz CT molecular complexity index is 1100. The number of carbonyl (C=O) groups excluding carboxylic acids is 1. The summed E-state index contributed by atoms with van der Waals surface area (Å²) < 4.78 is 38.4. The van der Waals surface area contributed by atoms with Crippen LogP contribution in [0.25, 0.3) is 11.0 Å². The second-order valence-corrected chi connectivity index (χ2v) is 7.29. The van der Waals surface area contributed by atoms with Gasteiger partial charge < -0.3 is 20.6 Å². The Hall–Kier alpha value is -2.94. The van der Waals surface area contributed by atoms with Crippen molar-refractivity contribution in [3.05, 3.63) is 57.5 Å². The van der Waals surface area contributed by atoms with Crippen LogP contribution in [0.3, 0.4) is 0 Å². The van der Waals surface area contributed by atoms with E-state index < -0.39 is 23.7 Å². The van der Waals surface area contributed by atoms with Crippen molar-refractivity contribution >= 4 is 39.9 Å². The number of imidazole rings is 1. The smallest absolute Gasteiger partial charge is 0.372 e. The number of halogens is 4. The fourth-order valence-corrected chi connectivity index (χ4v) is 3.08. The molecule has 0 unspecified atom stereocenters. The number of fused-ring (bicyclic) bond motifs is 1. The highest BCUT2D eigenvalue weighted by atomic mass is 35.5. The van der Waals surface area contributed by atoms with E-state index in [-0.39, 0.29) is 22.3 Å². The lowest BCUT2D eigenvalue weighted by molar-refractivity contribution is -0.137. The van der Waals surface area contributed by atoms with Crippen molar-refractivity contribution in [1.82, 2.24) is 9.97 Å². The van der Waals surface area contributed by atoms with Gasteiger partial charge in [0, 0.05) is 5.69 Å². The molecule has 0 saturated carbocycles. The normalized spacial score (nSPS) is 12.9. The molecule has 0 bridgehead atoms. The Morgan fingerprint density at radius 1 is 1.07 bits per heavy atom. The van der Waals surface area contributed by atoms with Crippen LogP contribution < -0.4 is 16.3 Å². The predicted octanol–water partition coefficient (Wildman–Crippen LogP) is 4.60. The molecular weight excluding hydrogens is 409 g/mol. The number of benzene rings is 2. The summed E-state index contributed by atoms with van der Waals surface area (Å²) in [6.45, 7) is 3.59. The topological polar surface area (TPSA) is 89.8 Å². The minimum Gasteiger partial charge on any atom is -0.372 e. The Morgan fingerprint density at radius 3 is 2.38 bits per heavy atom. The summed E-state index contributed by atoms with van der Waals surface area (Å²) in [5.41, 5.74) is 0.591. The van der Waals surface area contributed by atoms with Crippen molar-refractivity contribution in [2.45, 2.75) is 26.1 Å². The molecule has 1 heterocycles. The third-order valence-corrected chi connectivity index (χ3v) is 4.65. The van der Waals surface area contributed by atoms with Crippen LogP contribution in [0.15, 0.2) is 41.2 Å². The number of alkyl halides is 3. The van der Waals surface area contributed by atoms with Crippen LogP contribution in [-0.4, -0.2) is 21.9 Å². The second-order valence-electron chi connectivity index (χ2n) is 6.89. The van der Waals surface area contributed by atoms with Gasteiger partial charge in [0.25, 0.3) is 0 Å². The lowest BCUT2D eigenvalue weighted by atomic mass is 10.0. The van der Waals surface area contributed by atoms with Crippen molar-refractivity contribution in [2.24, 2.45) is 5.92 Å². The summed E-state index contributed by atoms with van der Waals surface area (Å²) in [5.74, 6) is -0.586. The molecule has 2 aromatic carbocycles. The maximum absolute atomic E-state index is 12.8. The number of anilines is 2. The summed E-state index contributed by atoms with van der Waals surface area (Å²) in [7, 11) is 0. The van der Waals surface area contributed by atoms with Gasteiger partial charge in [-0.15, -0.1) is 0 Å². The lowest BCUT2D eigenvalue weighted by Crippen LogP contribution is -2.39. The SMILES string of the molecule is CC(C)[C@H](Nc1ccc(C(F)(F)F)cc1Cl)C(=O)Nc1ccc2[nH]c(=O)[nH]c2c1. The lowest BCUT2D eigenvalue weighted by Gasteiger charge is -2.23. The van der Waals surface area contributed by atoms with E-state index in [2.05, 4.69) is 20.6 Å². The average Bonchev–Trinajstić information content (AvgIpc) is 2.98. The zero-order valence-corrected chi connectivity index (χ0v) is 16.2. The van der Waals surface area contributed by atoms with E-state index in [0.717, 1.165) is 12.1 Å². The molecule has 29 heavy (non-hydrogen) atoms. The van der Waals surface area contributed by atoms with Gasteiger partial charge in [-0.05, 0) is 42.3 Å². The Balaban J connectivity index is 1.79. The second kappa shape index (κ2) is 7.82. The molecule has 1 amide bonds. The molecule has 0 spiro atoms. The van der Waals surface area contributed by atoms with E-state index in [4.69, 9.17) is 11.6 Å². The zero-order chi connectivity index (χ0) is 21.3. The first-order valence-corrected chi connectivity index (χ1v) is 9.08. The van der Waals surface area contributed by atoms with Crippen LogP contribution in [-0.2, 0) is 11.0 Å². The summed E-state index contributed by atoms with van der Waals surface area (Å²) in [6.07, 6.45) is -4.51. The van der Waals surface area contributed by atoms with Crippen LogP contribution >= 0.6 is 11.6 Å². The summed E-state index contributed by atoms with van der Waals surface area (Å²) in [5, 5.41) is 5.52. The highest BCUT2D eigenvalue weighted by Crippen LogP contribution is 2.34. The maximum Gasteiger partial charge on any atom is 0.416 e. The van der Waals surface area contributed by atoms with E-state index >= 15 is 0 Å². The van der Waals surface area contributed by atoms with Gasteiger partial charge in [-0.3, -0.25) is 4.79 Å². The van der Waals surface area contributed by atoms with Crippen LogP contribution in [0.5, 0.6) is 0 Å². The molecule has 3 aromatic rings. The van der Waals surface area contributed by atoms with Crippen LogP contribution in [0.4, 0.5) is 24.5 Å². The number of amides is 1. The summed E-state index contributed by atoms with van der Waals surface area (Å²) in [4.78, 5) is 29.3. The van der Waals surface area contributed by atoms with Gasteiger partial charge in [0.2, 0.25) is 5.91 Å². The van der Waals surface area contributed by atoms with E-state index in [9.17, 15) is 22.8 Å². The Kier molecular flexibility index (Phi) is 5.61. The molecule has 6 nitrogen and oxygen atoms in total. The maximum atomic E-state index is 12.8. The number of rotatable bonds is 5. The first-order chi connectivity index (χ1) is 13.5. The average molecular weight is 427 g/mol. The van der Waals surface area contributed by atoms with Gasteiger partial charge in [-0.25, -0.2) is 4.79 Å². The number of hydrogen-bond acceptors (Lipinski definition) is 3. The van der Waals surface area contributed by atoms with E-state index in [1.54, 1.807) is 32.0 Å². The number of hydrogen-bond donors (Lipinski definition) is 4. The van der Waals surface area contributed by atoms with E-state index in [0.29, 0.717) is 16.7 Å². The molecule has 0 saturated heterocycles. The summed E-state index contributed by atoms with van der Waals surface area (Å²) >= 11 is 5.99. The molecule has 0 radical (unpaired) electrons. The van der Waals surface area contributed by atoms with Gasteiger partial charge in [-0.1, -0.05) is 25.4 Å². The van der Waals surface area contributed by atoms with Crippen LogP contribution in [0.2, 0.25) is 5.02 Å². The molecule has 154 valence electrons. The molecule has 0 fully saturated rings. The van der Waals surface area contributed by atoms with Gasteiger partial charge in [-0.2, -0.15) is 13.2 Å². The number of aromatic nitrogens is 2. The van der Waals surface area contributed by atoms with Crippen molar-refractivity contribution in [3.63, 3.8) is 0 Å². The van der Waals surface area contributed by atoms with Crippen molar-refractivity contribution in [3.8, 4) is 0 Å². The minimum atomic E-state index is -4.51. The monoisotopic (exact) mass is 426 g/mol. The molecule has 1 aromatic heterocycles. The standard InChI is InChI=1S/C19H18ClF3N4O2/c1-9(2)16(25-13-5-3-10(7-12(13)20)19(21,22)23)17(28)24-11-4-6-14-15(8-11)27-18(29)26-14/h3-9,16,25H,1-2H3,(H,24,28)(H2,26,27,29)/t16-/m0/s1. The highest BCUT2D eigenvalue weighted by Gasteiger charge is 2.31. The number of aromatic amines is 2. The number of nitrogens with one attached hydrogen (secondary N) is 4. The Morgan fingerprint density at radius 2 is 1.76 bits per heavy atom. The van der Waals surface area contributed by atoms with Crippen molar-refractivity contribution < 1.29 is 18.0 Å². The summed E-state index contributed by atoms with van der Waals surface area (Å²) in [6, 6.07) is 7.04. The predicted molar refractivity (Wildman–Crippen MR) is 106 cm³/mol. The number of carbonyl (C=O) groups is 1. The highest BCUT2D eigenvalue weighted by molar-refractivity contribution is 6.33. The minimum absolute atomic E-state index is 0.135. The zero-order valence-electron chi connectivity index (χ0n) is 15.4. The van der Waals surface area contributed by atoms with Crippen molar-refractivity contribution in [1.29, 1.82) is 0 Å². The van der Waals surface area contributed by atoms with E-state index in [1.807, 2.05) is 0 Å². The molecule has 4 N–H and O–H groups in total. The van der Waals surface area contributed by atoms with Gasteiger partial charge in [0.15, 0.2) is 0 Å². The largest absolute Gasteiger partial charge is 0.416 e. The third kappa shape index (κ3) is 4.73. The molecule has 0 aliphatic carbocycles. The number of H-pyrrole nitrogens is 2. The fraction of sp³-hybridized carbons (Fsp3) is 0.263. The molecule has 1 atom stereocenters. The Labute approximate surface area is 168 Å². The fourth-order valence-electron chi connectivity index (χ4n) is 2.84. The molecular formula is C19H18ClF3N4O2.